The maximum absolute atomic E-state index is 14.8. The van der Waals surface area contributed by atoms with Crippen molar-refractivity contribution in [3.05, 3.63) is 11.6 Å². The van der Waals surface area contributed by atoms with E-state index in [-0.39, 0.29) is 64.6 Å². The Bertz CT molecular complexity index is 1780. The summed E-state index contributed by atoms with van der Waals surface area (Å²) in [6, 6.07) is 0. The third kappa shape index (κ3) is 7.78. The fraction of sp³-hybridized carbons (Fsp3) is 0.929. The Labute approximate surface area is 380 Å². The van der Waals surface area contributed by atoms with Crippen LogP contribution in [0.1, 0.15) is 99.3 Å². The zero-order chi connectivity index (χ0) is 44.3. The molecule has 6 fully saturated rings. The van der Waals surface area contributed by atoms with Crippen LogP contribution in [0.3, 0.4) is 0 Å². The number of carbonyl (C=O) groups is 1. The van der Waals surface area contributed by atoms with E-state index < -0.39 is 130 Å². The molecule has 0 aromatic rings. The first-order valence-corrected chi connectivity index (χ1v) is 23.0. The van der Waals surface area contributed by atoms with Gasteiger partial charge in [0.25, 0.3) is 0 Å². The minimum absolute atomic E-state index is 0. The number of carbonyl (C=O) groups excluding carboxylic acids is 1. The fourth-order valence-electron chi connectivity index (χ4n) is 14.0. The summed E-state index contributed by atoms with van der Waals surface area (Å²) in [6.45, 7) is 10.7. The predicted molar refractivity (Wildman–Crippen MR) is 208 cm³/mol. The molecular weight excluding hydrogens is 832 g/mol. The Kier molecular flexibility index (Phi) is 14.0. The SMILES string of the molecule is CC1(C)CC[C@]2(C(=O)O[C@@H]3O[C@H](CO[C@@H]4O[C@H](CO)[C@@H](O)[C@H](O)[C@H]4O)[C@@H](O)[C@H](O)[C@H]3O)CC[C@]3(C)C(=CC[C@@H]4[C@@]5(C)C[C@@H](O)[C@H](S(=O)(=O)[O-])[C@@](C)(CO)[C@@H]5CC[C@]43C)[C@@H]2C1.[Na+]. The third-order valence-electron chi connectivity index (χ3n) is 17.6. The van der Waals surface area contributed by atoms with Crippen LogP contribution in [0, 0.1) is 50.2 Å². The van der Waals surface area contributed by atoms with Crippen LogP contribution in [0.2, 0.25) is 0 Å². The number of esters is 1. The zero-order valence-corrected chi connectivity index (χ0v) is 39.2. The molecule has 20 atom stereocenters. The Morgan fingerprint density at radius 1 is 0.787 bits per heavy atom. The molecule has 0 amide bonds. The maximum Gasteiger partial charge on any atom is 1.00 e. The fourth-order valence-corrected chi connectivity index (χ4v) is 15.4. The van der Waals surface area contributed by atoms with E-state index in [0.29, 0.717) is 51.4 Å². The van der Waals surface area contributed by atoms with Crippen LogP contribution >= 0.6 is 0 Å². The van der Waals surface area contributed by atoms with Gasteiger partial charge in [0.15, 0.2) is 6.29 Å². The average molecular weight is 899 g/mol. The summed E-state index contributed by atoms with van der Waals surface area (Å²) in [4.78, 5) is 14.8. The van der Waals surface area contributed by atoms with Crippen molar-refractivity contribution in [2.24, 2.45) is 50.2 Å². The monoisotopic (exact) mass is 898 g/mol. The van der Waals surface area contributed by atoms with Crippen LogP contribution in [0.4, 0.5) is 0 Å². The van der Waals surface area contributed by atoms with Crippen LogP contribution in [0.5, 0.6) is 0 Å². The number of aliphatic hydroxyl groups is 9. The molecule has 7 rings (SSSR count). The maximum atomic E-state index is 14.8. The summed E-state index contributed by atoms with van der Waals surface area (Å²) in [7, 11) is -4.94. The Balaban J connectivity index is 0.00000622. The van der Waals surface area contributed by atoms with Gasteiger partial charge in [0.1, 0.15) is 58.9 Å². The van der Waals surface area contributed by atoms with Gasteiger partial charge < -0.3 is 69.5 Å². The van der Waals surface area contributed by atoms with Gasteiger partial charge >= 0.3 is 35.5 Å². The molecule has 344 valence electrons. The second-order valence-electron chi connectivity index (χ2n) is 21.2. The van der Waals surface area contributed by atoms with E-state index in [1.165, 1.54) is 0 Å². The molecule has 0 aromatic heterocycles. The third-order valence-corrected chi connectivity index (χ3v) is 19.0. The van der Waals surface area contributed by atoms with Crippen molar-refractivity contribution in [3.8, 4) is 0 Å². The zero-order valence-electron chi connectivity index (χ0n) is 36.4. The average Bonchev–Trinajstić information content (AvgIpc) is 3.16. The summed E-state index contributed by atoms with van der Waals surface area (Å²) in [5, 5.41) is 93.7. The van der Waals surface area contributed by atoms with Gasteiger partial charge in [-0.25, -0.2) is 8.42 Å². The molecule has 2 saturated heterocycles. The molecule has 7 aliphatic rings. The van der Waals surface area contributed by atoms with Crippen LogP contribution in [0.15, 0.2) is 11.6 Å². The van der Waals surface area contributed by atoms with E-state index in [1.54, 1.807) is 6.92 Å². The number of rotatable bonds is 8. The molecule has 0 unspecified atom stereocenters. The quantitative estimate of drug-likeness (QED) is 0.0502. The summed E-state index contributed by atoms with van der Waals surface area (Å²) >= 11 is 0. The molecule has 9 N–H and O–H groups in total. The minimum atomic E-state index is -4.94. The molecular formula is C42H67NaO17S. The van der Waals surface area contributed by atoms with Crippen molar-refractivity contribution < 1.29 is 112 Å². The van der Waals surface area contributed by atoms with Gasteiger partial charge in [0, 0.05) is 5.41 Å². The van der Waals surface area contributed by atoms with Gasteiger partial charge in [0.05, 0.1) is 36.6 Å². The van der Waals surface area contributed by atoms with E-state index >= 15 is 0 Å². The van der Waals surface area contributed by atoms with E-state index in [1.807, 2.05) is 0 Å². The molecule has 61 heavy (non-hydrogen) atoms. The Morgan fingerprint density at radius 2 is 1.38 bits per heavy atom. The van der Waals surface area contributed by atoms with Gasteiger partial charge in [-0.05, 0) is 97.2 Å². The Hall–Kier alpha value is -0.360. The Morgan fingerprint density at radius 3 is 1.98 bits per heavy atom. The molecule has 19 heteroatoms. The summed E-state index contributed by atoms with van der Waals surface area (Å²) in [5.41, 5.74) is -2.86. The molecule has 5 aliphatic carbocycles. The van der Waals surface area contributed by atoms with Crippen molar-refractivity contribution >= 4 is 16.1 Å². The molecule has 4 saturated carbocycles. The van der Waals surface area contributed by atoms with Crippen molar-refractivity contribution in [2.75, 3.05) is 19.8 Å². The van der Waals surface area contributed by atoms with Gasteiger partial charge in [-0.1, -0.05) is 53.2 Å². The summed E-state index contributed by atoms with van der Waals surface area (Å²) in [6.07, 6.45) is -11.0. The summed E-state index contributed by atoms with van der Waals surface area (Å²) in [5.74, 6) is -1.30. The van der Waals surface area contributed by atoms with Crippen LogP contribution in [0.25, 0.3) is 0 Å². The smallest absolute Gasteiger partial charge is 0.748 e. The van der Waals surface area contributed by atoms with Crippen molar-refractivity contribution in [2.45, 2.75) is 172 Å². The molecule has 17 nitrogen and oxygen atoms in total. The molecule has 0 spiro atoms. The van der Waals surface area contributed by atoms with Gasteiger partial charge in [-0.2, -0.15) is 0 Å². The number of hydrogen-bond donors (Lipinski definition) is 9. The van der Waals surface area contributed by atoms with Crippen molar-refractivity contribution in [3.63, 3.8) is 0 Å². The second-order valence-corrected chi connectivity index (χ2v) is 22.7. The van der Waals surface area contributed by atoms with E-state index in [2.05, 4.69) is 40.7 Å². The number of aliphatic hydroxyl groups excluding tert-OH is 9. The predicted octanol–water partition coefficient (Wildman–Crippen LogP) is -3.18. The first-order valence-electron chi connectivity index (χ1n) is 21.5. The van der Waals surface area contributed by atoms with Crippen LogP contribution in [-0.2, 0) is 33.9 Å². The number of fused-ring (bicyclic) bond motifs is 7. The molecule has 0 bridgehead atoms. The van der Waals surface area contributed by atoms with E-state index in [9.17, 15) is 63.7 Å². The number of hydrogen-bond acceptors (Lipinski definition) is 17. The topological polar surface area (TPSA) is 293 Å². The van der Waals surface area contributed by atoms with Gasteiger partial charge in [-0.3, -0.25) is 4.79 Å². The normalized spacial score (nSPS) is 51.9. The van der Waals surface area contributed by atoms with E-state index in [0.717, 1.165) is 5.57 Å². The largest absolute Gasteiger partial charge is 1.00 e. The van der Waals surface area contributed by atoms with Crippen LogP contribution < -0.4 is 29.6 Å². The summed E-state index contributed by atoms with van der Waals surface area (Å²) < 4.78 is 60.6. The number of allylic oxidation sites excluding steroid dienone is 2. The van der Waals surface area contributed by atoms with Gasteiger partial charge in [0.2, 0.25) is 6.29 Å². The van der Waals surface area contributed by atoms with Crippen molar-refractivity contribution in [1.29, 1.82) is 0 Å². The van der Waals surface area contributed by atoms with Crippen molar-refractivity contribution in [1.82, 2.24) is 0 Å². The standard InChI is InChI=1S/C42H68O17S.Na/c1-37(2)11-13-42(36(52)59-35-32(51)30(49)28(47)24(58-35)18-56-34-31(50)29(48)27(46)23(17-43)57-34)14-12-40(5)20(21(42)15-37)7-8-26-38(3)16-22(45)33(60(53,54)55)39(4,19-44)25(38)9-10-41(26,40)6;/h7,21-35,43-51H,8-19H2,1-6H3,(H,53,54,55);/q;+1/p-1/t21-,22+,23+,24+,25+,26+,27+,28+,29-,30-,31+,32+,33-,34+,35-,38-,39-,40+,41+,42-;/m0./s1. The van der Waals surface area contributed by atoms with E-state index in [4.69, 9.17) is 18.9 Å². The second kappa shape index (κ2) is 17.1. The molecule has 2 heterocycles. The minimum Gasteiger partial charge on any atom is -0.748 e. The number of ether oxygens (including phenoxy) is 4. The van der Waals surface area contributed by atoms with Crippen LogP contribution in [-0.4, -0.2) is 157 Å². The first kappa shape index (κ1) is 50.1. The molecule has 0 radical (unpaired) electrons. The molecule has 0 aromatic carbocycles. The van der Waals surface area contributed by atoms with Gasteiger partial charge in [-0.15, -0.1) is 0 Å². The molecule has 2 aliphatic heterocycles. The first-order chi connectivity index (χ1) is 27.8.